The van der Waals surface area contributed by atoms with E-state index in [1.807, 2.05) is 19.1 Å². The molecule has 0 radical (unpaired) electrons. The van der Waals surface area contributed by atoms with Crippen molar-refractivity contribution in [2.45, 2.75) is 13.8 Å². The average Bonchev–Trinajstić information content (AvgIpc) is 2.75. The molecule has 31 heavy (non-hydrogen) atoms. The van der Waals surface area contributed by atoms with Crippen LogP contribution in [0.5, 0.6) is 0 Å². The highest BCUT2D eigenvalue weighted by Crippen LogP contribution is 2.20. The molecule has 1 aliphatic rings. The second-order valence-electron chi connectivity index (χ2n) is 7.02. The molecule has 7 heteroatoms. The van der Waals surface area contributed by atoms with Crippen molar-refractivity contribution >= 4 is 5.69 Å². The first-order valence-electron chi connectivity index (χ1n) is 9.81. The van der Waals surface area contributed by atoms with Gasteiger partial charge in [-0.05, 0) is 61.4 Å². The molecule has 0 bridgehead atoms. The second-order valence-corrected chi connectivity index (χ2v) is 7.02. The Morgan fingerprint density at radius 2 is 1.10 bits per heavy atom. The first kappa shape index (κ1) is 24.3. The number of aryl methyl sites for hydroxylation is 2. The summed E-state index contributed by atoms with van der Waals surface area (Å²) in [6.07, 6.45) is 0. The highest BCUT2D eigenvalue weighted by molar-refractivity contribution is 5.49. The van der Waals surface area contributed by atoms with E-state index in [0.717, 1.165) is 67.3 Å². The Morgan fingerprint density at radius 1 is 0.613 bits per heavy atom. The third-order valence-electron chi connectivity index (χ3n) is 4.46. The molecule has 0 spiro atoms. The molecule has 0 aliphatic carbocycles. The summed E-state index contributed by atoms with van der Waals surface area (Å²) in [6.45, 7) is 7.27. The van der Waals surface area contributed by atoms with Crippen LogP contribution in [0.15, 0.2) is 60.7 Å². The quantitative estimate of drug-likeness (QED) is 0.487. The summed E-state index contributed by atoms with van der Waals surface area (Å²) in [5.41, 5.74) is 2.44. The van der Waals surface area contributed by atoms with Crippen LogP contribution in [0.25, 0.3) is 0 Å². The summed E-state index contributed by atoms with van der Waals surface area (Å²) >= 11 is 0. The molecule has 1 saturated heterocycles. The van der Waals surface area contributed by atoms with Crippen LogP contribution >= 0.6 is 0 Å². The predicted molar refractivity (Wildman–Crippen MR) is 114 cm³/mol. The van der Waals surface area contributed by atoms with Crippen LogP contribution < -0.4 is 10.2 Å². The number of hydrogen-bond acceptors (Lipinski definition) is 2. The Bertz CT molecular complexity index is 951. The predicted octanol–water partition coefficient (Wildman–Crippen LogP) is 5.78. The molecular weight excluding hydrogens is 411 g/mol. The van der Waals surface area contributed by atoms with Gasteiger partial charge in [-0.15, -0.1) is 0 Å². The minimum Gasteiger partial charge on any atom is -0.367 e. The monoisotopic (exact) mass is 436 g/mol. The summed E-state index contributed by atoms with van der Waals surface area (Å²) in [6, 6.07) is 14.3. The highest BCUT2D eigenvalue weighted by Gasteiger charge is 2.13. The minimum atomic E-state index is -0.799. The normalized spacial score (nSPS) is 12.9. The van der Waals surface area contributed by atoms with E-state index < -0.39 is 23.3 Å². The molecule has 1 heterocycles. The van der Waals surface area contributed by atoms with Gasteiger partial charge in [-0.1, -0.05) is 24.3 Å². The largest absolute Gasteiger partial charge is 0.367 e. The lowest BCUT2D eigenvalue weighted by Crippen LogP contribution is -2.43. The van der Waals surface area contributed by atoms with Crippen molar-refractivity contribution < 1.29 is 22.0 Å². The van der Waals surface area contributed by atoms with Crippen LogP contribution in [-0.2, 0) is 0 Å². The standard InChI is InChI=1S/C11H15FN2.C7H6F2.C6H4F2/c1-9-2-3-11(10(12)8-9)14-6-4-13-5-7-14;1-5-2-3-6(8)7(9)4-5;7-5-3-1-2-4-6(5)8/h2-3,8,13H,4-7H2,1H3;2-4H,1H3;1-4H. The molecule has 166 valence electrons. The molecule has 0 amide bonds. The minimum absolute atomic E-state index is 0.105. The van der Waals surface area contributed by atoms with Crippen LogP contribution in [0.3, 0.4) is 0 Å². The number of benzene rings is 3. The number of anilines is 1. The van der Waals surface area contributed by atoms with Gasteiger partial charge >= 0.3 is 0 Å². The van der Waals surface area contributed by atoms with Crippen molar-refractivity contribution in [3.8, 4) is 0 Å². The average molecular weight is 436 g/mol. The van der Waals surface area contributed by atoms with Gasteiger partial charge in [-0.2, -0.15) is 0 Å². The van der Waals surface area contributed by atoms with Gasteiger partial charge in [0.25, 0.3) is 0 Å². The Hall–Kier alpha value is -2.93. The second kappa shape index (κ2) is 12.1. The topological polar surface area (TPSA) is 15.3 Å². The maximum Gasteiger partial charge on any atom is 0.159 e. The van der Waals surface area contributed by atoms with Gasteiger partial charge in [0.05, 0.1) is 5.69 Å². The molecule has 1 fully saturated rings. The summed E-state index contributed by atoms with van der Waals surface area (Å²) in [5, 5.41) is 3.25. The maximum absolute atomic E-state index is 13.6. The molecule has 3 aromatic carbocycles. The van der Waals surface area contributed by atoms with Crippen molar-refractivity contribution in [2.75, 3.05) is 31.1 Å². The molecule has 3 aromatic rings. The van der Waals surface area contributed by atoms with Gasteiger partial charge in [-0.25, -0.2) is 22.0 Å². The number of nitrogens with one attached hydrogen (secondary N) is 1. The molecule has 0 aromatic heterocycles. The lowest BCUT2D eigenvalue weighted by atomic mass is 10.2. The fraction of sp³-hybridized carbons (Fsp3) is 0.250. The number of halogens is 5. The van der Waals surface area contributed by atoms with Gasteiger partial charge in [0.2, 0.25) is 0 Å². The van der Waals surface area contributed by atoms with E-state index in [-0.39, 0.29) is 5.82 Å². The van der Waals surface area contributed by atoms with Crippen LogP contribution in [0.2, 0.25) is 0 Å². The van der Waals surface area contributed by atoms with Crippen molar-refractivity contribution in [3.05, 3.63) is 101 Å². The van der Waals surface area contributed by atoms with Gasteiger partial charge in [0.1, 0.15) is 5.82 Å². The van der Waals surface area contributed by atoms with E-state index in [1.165, 1.54) is 18.2 Å². The molecule has 0 saturated carbocycles. The molecular formula is C24H25F5N2. The zero-order valence-electron chi connectivity index (χ0n) is 17.4. The van der Waals surface area contributed by atoms with Gasteiger partial charge < -0.3 is 10.2 Å². The van der Waals surface area contributed by atoms with Gasteiger partial charge in [0, 0.05) is 26.2 Å². The van der Waals surface area contributed by atoms with Gasteiger partial charge in [-0.3, -0.25) is 0 Å². The summed E-state index contributed by atoms with van der Waals surface area (Å²) in [4.78, 5) is 2.09. The van der Waals surface area contributed by atoms with E-state index in [9.17, 15) is 22.0 Å². The van der Waals surface area contributed by atoms with Crippen molar-refractivity contribution in [1.82, 2.24) is 5.32 Å². The fourth-order valence-corrected chi connectivity index (χ4v) is 2.81. The van der Waals surface area contributed by atoms with Crippen molar-refractivity contribution in [3.63, 3.8) is 0 Å². The summed E-state index contributed by atoms with van der Waals surface area (Å²) in [7, 11) is 0. The molecule has 1 aliphatic heterocycles. The smallest absolute Gasteiger partial charge is 0.159 e. The highest BCUT2D eigenvalue weighted by atomic mass is 19.2. The molecule has 0 atom stereocenters. The third kappa shape index (κ3) is 8.02. The van der Waals surface area contributed by atoms with Crippen molar-refractivity contribution in [1.29, 1.82) is 0 Å². The SMILES string of the molecule is Cc1ccc(F)c(F)c1.Cc1ccc(N2CCNCC2)c(F)c1.Fc1ccccc1F. The van der Waals surface area contributed by atoms with Crippen molar-refractivity contribution in [2.24, 2.45) is 0 Å². The first-order valence-corrected chi connectivity index (χ1v) is 9.81. The molecule has 4 rings (SSSR count). The Kier molecular flexibility index (Phi) is 9.46. The van der Waals surface area contributed by atoms with E-state index in [1.54, 1.807) is 13.0 Å². The lowest BCUT2D eigenvalue weighted by Gasteiger charge is -2.29. The fourth-order valence-electron chi connectivity index (χ4n) is 2.81. The van der Waals surface area contributed by atoms with Crippen LogP contribution in [0, 0.1) is 42.9 Å². The van der Waals surface area contributed by atoms with E-state index in [0.29, 0.717) is 0 Å². The Morgan fingerprint density at radius 3 is 1.55 bits per heavy atom. The summed E-state index contributed by atoms with van der Waals surface area (Å²) in [5.74, 6) is -3.28. The molecule has 2 nitrogen and oxygen atoms in total. The van der Waals surface area contributed by atoms with Gasteiger partial charge in [0.15, 0.2) is 23.3 Å². The van der Waals surface area contributed by atoms with E-state index in [2.05, 4.69) is 10.2 Å². The molecule has 0 unspecified atom stereocenters. The number of rotatable bonds is 1. The maximum atomic E-state index is 13.6. The third-order valence-corrected chi connectivity index (χ3v) is 4.46. The van der Waals surface area contributed by atoms with E-state index >= 15 is 0 Å². The summed E-state index contributed by atoms with van der Waals surface area (Å²) < 4.78 is 61.8. The zero-order chi connectivity index (χ0) is 22.8. The number of hydrogen-bond donors (Lipinski definition) is 1. The first-order chi connectivity index (χ1) is 14.8. The Balaban J connectivity index is 0.000000175. The van der Waals surface area contributed by atoms with Crippen LogP contribution in [0.4, 0.5) is 27.6 Å². The number of piperazine rings is 1. The number of nitrogens with zero attached hydrogens (tertiary/aromatic N) is 1. The van der Waals surface area contributed by atoms with Crippen LogP contribution in [-0.4, -0.2) is 26.2 Å². The van der Waals surface area contributed by atoms with E-state index in [4.69, 9.17) is 0 Å². The van der Waals surface area contributed by atoms with Crippen LogP contribution in [0.1, 0.15) is 11.1 Å². The molecule has 1 N–H and O–H groups in total. The zero-order valence-corrected chi connectivity index (χ0v) is 17.4. The lowest BCUT2D eigenvalue weighted by molar-refractivity contribution is 0.508. The Labute approximate surface area is 179 Å².